The predicted molar refractivity (Wildman–Crippen MR) is 66.0 cm³/mol. The van der Waals surface area contributed by atoms with E-state index in [0.717, 1.165) is 30.8 Å². The summed E-state index contributed by atoms with van der Waals surface area (Å²) in [5.74, 6) is -0.192. The van der Waals surface area contributed by atoms with Crippen LogP contribution >= 0.6 is 0 Å². The van der Waals surface area contributed by atoms with E-state index in [4.69, 9.17) is 0 Å². The van der Waals surface area contributed by atoms with Crippen molar-refractivity contribution in [3.05, 3.63) is 65.7 Å². The van der Waals surface area contributed by atoms with Gasteiger partial charge in [0.2, 0.25) is 0 Å². The smallest absolute Gasteiger partial charge is 0.123 e. The molecule has 0 amide bonds. The Morgan fingerprint density at radius 2 is 1.88 bits per heavy atom. The highest BCUT2D eigenvalue weighted by molar-refractivity contribution is 5.15. The lowest BCUT2D eigenvalue weighted by molar-refractivity contribution is 0.624. The first kappa shape index (κ1) is 11.7. The highest BCUT2D eigenvalue weighted by Gasteiger charge is 1.95. The summed E-state index contributed by atoms with van der Waals surface area (Å²) in [6, 6.07) is 12.5. The molecule has 0 aliphatic rings. The molecule has 2 nitrogen and oxygen atoms in total. The Balaban J connectivity index is 1.71. The number of benzene rings is 1. The summed E-state index contributed by atoms with van der Waals surface area (Å²) in [6.07, 6.45) is 2.71. The molecule has 17 heavy (non-hydrogen) atoms. The third-order valence-corrected chi connectivity index (χ3v) is 2.53. The quantitative estimate of drug-likeness (QED) is 0.798. The van der Waals surface area contributed by atoms with Crippen LogP contribution in [0.4, 0.5) is 4.39 Å². The monoisotopic (exact) mass is 230 g/mol. The van der Waals surface area contributed by atoms with Crippen molar-refractivity contribution in [2.45, 2.75) is 13.0 Å². The maximum Gasteiger partial charge on any atom is 0.123 e. The maximum atomic E-state index is 12.7. The second-order valence-corrected chi connectivity index (χ2v) is 3.87. The molecule has 1 N–H and O–H groups in total. The van der Waals surface area contributed by atoms with Gasteiger partial charge in [-0.1, -0.05) is 18.2 Å². The van der Waals surface area contributed by atoms with Gasteiger partial charge in [0.25, 0.3) is 0 Å². The minimum Gasteiger partial charge on any atom is -0.312 e. The van der Waals surface area contributed by atoms with Crippen LogP contribution in [0.25, 0.3) is 0 Å². The van der Waals surface area contributed by atoms with Gasteiger partial charge in [0.05, 0.1) is 0 Å². The third-order valence-electron chi connectivity index (χ3n) is 2.53. The van der Waals surface area contributed by atoms with Gasteiger partial charge >= 0.3 is 0 Å². The number of rotatable bonds is 5. The van der Waals surface area contributed by atoms with Crippen LogP contribution in [0.3, 0.4) is 0 Å². The molecular weight excluding hydrogens is 215 g/mol. The molecule has 0 atom stereocenters. The van der Waals surface area contributed by atoms with Crippen LogP contribution in [0.2, 0.25) is 0 Å². The number of aromatic nitrogens is 1. The fraction of sp³-hybridized carbons (Fsp3) is 0.214. The van der Waals surface area contributed by atoms with E-state index < -0.39 is 0 Å². The molecule has 0 bridgehead atoms. The van der Waals surface area contributed by atoms with Crippen LogP contribution in [0.1, 0.15) is 11.3 Å². The second-order valence-electron chi connectivity index (χ2n) is 3.87. The summed E-state index contributed by atoms with van der Waals surface area (Å²) in [7, 11) is 0. The number of pyridine rings is 1. The Morgan fingerprint density at radius 1 is 1.06 bits per heavy atom. The topological polar surface area (TPSA) is 24.9 Å². The van der Waals surface area contributed by atoms with Gasteiger partial charge in [-0.25, -0.2) is 4.39 Å². The zero-order valence-corrected chi connectivity index (χ0v) is 9.57. The number of nitrogens with zero attached hydrogens (tertiary/aromatic N) is 1. The molecule has 0 unspecified atom stereocenters. The molecule has 1 aromatic heterocycles. The number of hydrogen-bond acceptors (Lipinski definition) is 2. The zero-order chi connectivity index (χ0) is 11.9. The molecule has 2 aromatic rings. The fourth-order valence-electron chi connectivity index (χ4n) is 1.60. The Labute approximate surface area is 101 Å². The van der Waals surface area contributed by atoms with E-state index in [-0.39, 0.29) is 5.82 Å². The molecular formula is C14H15FN2. The standard InChI is InChI=1S/C14H15FN2/c15-13-6-4-12(5-7-13)11-16-10-8-14-3-1-2-9-17-14/h1-7,9,16H,8,10-11H2. The molecule has 0 saturated heterocycles. The molecule has 1 heterocycles. The zero-order valence-electron chi connectivity index (χ0n) is 9.57. The van der Waals surface area contributed by atoms with E-state index >= 15 is 0 Å². The summed E-state index contributed by atoms with van der Waals surface area (Å²) >= 11 is 0. The van der Waals surface area contributed by atoms with E-state index in [2.05, 4.69) is 10.3 Å². The van der Waals surface area contributed by atoms with Gasteiger partial charge in [0.1, 0.15) is 5.82 Å². The van der Waals surface area contributed by atoms with Crippen molar-refractivity contribution in [2.24, 2.45) is 0 Å². The van der Waals surface area contributed by atoms with Crippen molar-refractivity contribution in [1.82, 2.24) is 10.3 Å². The van der Waals surface area contributed by atoms with Crippen molar-refractivity contribution in [2.75, 3.05) is 6.54 Å². The lowest BCUT2D eigenvalue weighted by atomic mass is 10.2. The summed E-state index contributed by atoms with van der Waals surface area (Å²) in [6.45, 7) is 1.63. The van der Waals surface area contributed by atoms with E-state index in [0.29, 0.717) is 0 Å². The molecule has 3 heteroatoms. The SMILES string of the molecule is Fc1ccc(CNCCc2ccccn2)cc1. The van der Waals surface area contributed by atoms with Crippen LogP contribution in [-0.2, 0) is 13.0 Å². The van der Waals surface area contributed by atoms with Crippen molar-refractivity contribution in [1.29, 1.82) is 0 Å². The number of hydrogen-bond donors (Lipinski definition) is 1. The molecule has 88 valence electrons. The predicted octanol–water partition coefficient (Wildman–Crippen LogP) is 2.55. The van der Waals surface area contributed by atoms with Crippen LogP contribution < -0.4 is 5.32 Å². The summed E-state index contributed by atoms with van der Waals surface area (Å²) in [4.78, 5) is 4.25. The van der Waals surface area contributed by atoms with Gasteiger partial charge in [-0.15, -0.1) is 0 Å². The van der Waals surface area contributed by atoms with Crippen molar-refractivity contribution in [3.8, 4) is 0 Å². The molecule has 0 spiro atoms. The normalized spacial score (nSPS) is 10.4. The van der Waals surface area contributed by atoms with Crippen molar-refractivity contribution in [3.63, 3.8) is 0 Å². The highest BCUT2D eigenvalue weighted by Crippen LogP contribution is 2.02. The second kappa shape index (κ2) is 6.11. The Bertz CT molecular complexity index is 440. The lowest BCUT2D eigenvalue weighted by Gasteiger charge is -2.04. The Morgan fingerprint density at radius 3 is 2.59 bits per heavy atom. The van der Waals surface area contributed by atoms with Gasteiger partial charge in [0, 0.05) is 31.4 Å². The van der Waals surface area contributed by atoms with Gasteiger partial charge in [-0.3, -0.25) is 4.98 Å². The molecule has 0 saturated carbocycles. The average molecular weight is 230 g/mol. The van der Waals surface area contributed by atoms with E-state index in [9.17, 15) is 4.39 Å². The maximum absolute atomic E-state index is 12.7. The summed E-state index contributed by atoms with van der Waals surface area (Å²) in [5, 5.41) is 3.31. The van der Waals surface area contributed by atoms with Crippen molar-refractivity contribution < 1.29 is 4.39 Å². The molecule has 0 aliphatic heterocycles. The molecule has 0 radical (unpaired) electrons. The van der Waals surface area contributed by atoms with E-state index in [1.54, 1.807) is 18.3 Å². The Hall–Kier alpha value is -1.74. The van der Waals surface area contributed by atoms with E-state index in [1.165, 1.54) is 12.1 Å². The van der Waals surface area contributed by atoms with Gasteiger partial charge in [0.15, 0.2) is 0 Å². The van der Waals surface area contributed by atoms with E-state index in [1.807, 2.05) is 18.2 Å². The first-order valence-electron chi connectivity index (χ1n) is 5.70. The van der Waals surface area contributed by atoms with Crippen LogP contribution in [-0.4, -0.2) is 11.5 Å². The summed E-state index contributed by atoms with van der Waals surface area (Å²) < 4.78 is 12.7. The summed E-state index contributed by atoms with van der Waals surface area (Å²) in [5.41, 5.74) is 2.17. The van der Waals surface area contributed by atoms with Crippen LogP contribution in [0, 0.1) is 5.82 Å². The highest BCUT2D eigenvalue weighted by atomic mass is 19.1. The van der Waals surface area contributed by atoms with Crippen molar-refractivity contribution >= 4 is 0 Å². The molecule has 0 fully saturated rings. The van der Waals surface area contributed by atoms with Gasteiger partial charge in [-0.05, 0) is 29.8 Å². The molecule has 2 rings (SSSR count). The van der Waals surface area contributed by atoms with Crippen LogP contribution in [0.15, 0.2) is 48.7 Å². The first-order chi connectivity index (χ1) is 8.34. The lowest BCUT2D eigenvalue weighted by Crippen LogP contribution is -2.17. The minimum absolute atomic E-state index is 0.192. The fourth-order valence-corrected chi connectivity index (χ4v) is 1.60. The molecule has 0 aliphatic carbocycles. The average Bonchev–Trinajstić information content (AvgIpc) is 2.38. The van der Waals surface area contributed by atoms with Crippen LogP contribution in [0.5, 0.6) is 0 Å². The number of nitrogens with one attached hydrogen (secondary N) is 1. The largest absolute Gasteiger partial charge is 0.312 e. The Kier molecular flexibility index (Phi) is 4.22. The first-order valence-corrected chi connectivity index (χ1v) is 5.70. The number of halogens is 1. The molecule has 1 aromatic carbocycles. The van der Waals surface area contributed by atoms with Gasteiger partial charge in [-0.2, -0.15) is 0 Å². The minimum atomic E-state index is -0.192. The third kappa shape index (κ3) is 3.96. The van der Waals surface area contributed by atoms with Gasteiger partial charge < -0.3 is 5.32 Å².